The Labute approximate surface area is 390 Å². The third-order valence-electron chi connectivity index (χ3n) is 13.1. The number of hydrogen-bond donors (Lipinski definition) is 0. The average Bonchev–Trinajstić information content (AvgIpc) is 3.66. The third-order valence-corrected chi connectivity index (χ3v) is 15.2. The van der Waals surface area contributed by atoms with Crippen LogP contribution in [0, 0.1) is 0 Å². The second-order valence-corrected chi connectivity index (χ2v) is 18.9. The van der Waals surface area contributed by atoms with Gasteiger partial charge in [0, 0.05) is 32.7 Å². The maximum atomic E-state index is 7.16. The molecule has 12 aromatic carbocycles. The fourth-order valence-electron chi connectivity index (χ4n) is 10.1. The molecule has 14 aromatic rings. The average molecular weight is 915 g/mol. The Morgan fingerprint density at radius 3 is 0.765 bits per heavy atom. The molecule has 0 saturated heterocycles. The Balaban J connectivity index is 1.02. The van der Waals surface area contributed by atoms with Gasteiger partial charge in [0.05, 0.1) is 0 Å². The van der Waals surface area contributed by atoms with E-state index in [-0.39, 0.29) is 0 Å². The molecule has 2 heterocycles. The van der Waals surface area contributed by atoms with E-state index in [9.17, 15) is 0 Å². The van der Waals surface area contributed by atoms with Crippen LogP contribution in [0.25, 0.3) is 120 Å². The van der Waals surface area contributed by atoms with Crippen molar-refractivity contribution in [3.05, 3.63) is 218 Å². The summed E-state index contributed by atoms with van der Waals surface area (Å²) in [6, 6.07) is 75.0. The quantitative estimate of drug-likeness (QED) is 0.171. The lowest BCUT2D eigenvalue weighted by atomic mass is 9.92. The van der Waals surface area contributed by atoms with E-state index in [1.165, 1.54) is 0 Å². The normalized spacial score (nSPS) is 11.8. The Morgan fingerprint density at radius 2 is 0.471 bits per heavy atom. The van der Waals surface area contributed by atoms with Crippen molar-refractivity contribution in [2.24, 2.45) is 0 Å². The van der Waals surface area contributed by atoms with Gasteiger partial charge < -0.3 is 25.8 Å². The zero-order valence-corrected chi connectivity index (χ0v) is 37.9. The van der Waals surface area contributed by atoms with E-state index in [0.717, 1.165) is 97.3 Å². The highest BCUT2D eigenvalue weighted by molar-refractivity contribution is 7.32. The van der Waals surface area contributed by atoms with Crippen molar-refractivity contribution in [1.82, 2.24) is 0 Å². The largest absolute Gasteiger partial charge is 0.453 e. The van der Waals surface area contributed by atoms with E-state index in [4.69, 9.17) is 25.8 Å². The first-order valence-corrected chi connectivity index (χ1v) is 24.7. The van der Waals surface area contributed by atoms with E-state index >= 15 is 0 Å². The lowest BCUT2D eigenvalue weighted by Gasteiger charge is -2.17. The summed E-state index contributed by atoms with van der Waals surface area (Å²) in [6.07, 6.45) is 0. The maximum Gasteiger partial charge on any atom is 0.453 e. The van der Waals surface area contributed by atoms with Gasteiger partial charge in [-0.2, -0.15) is 0 Å². The highest BCUT2D eigenvalue weighted by atomic mass is 31.1. The number of hydrogen-bond acceptors (Lipinski definition) is 6. The molecule has 0 atom stereocenters. The van der Waals surface area contributed by atoms with Crippen LogP contribution in [0.1, 0.15) is 0 Å². The first-order chi connectivity index (χ1) is 33.7. The van der Waals surface area contributed by atoms with Gasteiger partial charge in [0.15, 0.2) is 0 Å². The Hall–Kier alpha value is -8.40. The first-order valence-electron chi connectivity index (χ1n) is 22.5. The lowest BCUT2D eigenvalue weighted by molar-refractivity contribution is 0.495. The molecule has 68 heavy (non-hydrogen) atoms. The SMILES string of the molecule is c1ccc2c(-c3c(Op4oc5ccc6ccccc6c5c5c(ccc6ccccc65)o4)ccc4ccccc34)c(Op3oc4ccc5ccccc5c4c4c(ccc5ccccc54)o3)ccc2c1. The van der Waals surface area contributed by atoms with Crippen molar-refractivity contribution < 1.29 is 25.8 Å². The van der Waals surface area contributed by atoms with Gasteiger partial charge in [-0.05, 0) is 101 Å². The van der Waals surface area contributed by atoms with Crippen molar-refractivity contribution >= 4 is 125 Å². The fourth-order valence-corrected chi connectivity index (χ4v) is 12.2. The molecule has 2 aromatic heterocycles. The van der Waals surface area contributed by atoms with Crippen LogP contribution >= 0.6 is 16.5 Å². The molecular formula is C60H36O6P2. The molecule has 0 aliphatic rings. The summed E-state index contributed by atoms with van der Waals surface area (Å²) in [6.45, 7) is 0. The maximum absolute atomic E-state index is 7.16. The van der Waals surface area contributed by atoms with Crippen LogP contribution in [0.2, 0.25) is 0 Å². The van der Waals surface area contributed by atoms with Gasteiger partial charge in [-0.1, -0.05) is 182 Å². The molecule has 14 rings (SSSR count). The van der Waals surface area contributed by atoms with Crippen molar-refractivity contribution in [1.29, 1.82) is 0 Å². The van der Waals surface area contributed by atoms with Crippen LogP contribution in [-0.2, 0) is 0 Å². The van der Waals surface area contributed by atoms with E-state index in [0.29, 0.717) is 33.8 Å². The second-order valence-electron chi connectivity index (χ2n) is 17.0. The minimum absolute atomic E-state index is 0.576. The second kappa shape index (κ2) is 15.6. The molecule has 0 radical (unpaired) electrons. The van der Waals surface area contributed by atoms with Crippen LogP contribution in [0.5, 0.6) is 11.5 Å². The third kappa shape index (κ3) is 6.27. The van der Waals surface area contributed by atoms with Crippen LogP contribution in [0.4, 0.5) is 0 Å². The molecule has 0 aliphatic carbocycles. The van der Waals surface area contributed by atoms with Gasteiger partial charge in [-0.25, -0.2) is 0 Å². The predicted molar refractivity (Wildman–Crippen MR) is 282 cm³/mol. The molecule has 8 heteroatoms. The summed E-state index contributed by atoms with van der Waals surface area (Å²) in [5.41, 5.74) is 4.41. The highest BCUT2D eigenvalue weighted by Gasteiger charge is 2.24. The van der Waals surface area contributed by atoms with Gasteiger partial charge in [0.25, 0.3) is 0 Å². The Morgan fingerprint density at radius 1 is 0.235 bits per heavy atom. The van der Waals surface area contributed by atoms with Crippen molar-refractivity contribution in [2.75, 3.05) is 0 Å². The van der Waals surface area contributed by atoms with Crippen molar-refractivity contribution in [3.63, 3.8) is 0 Å². The number of fused-ring (bicyclic) bond motifs is 16. The van der Waals surface area contributed by atoms with Gasteiger partial charge in [0.2, 0.25) is 0 Å². The molecule has 0 spiro atoms. The van der Waals surface area contributed by atoms with E-state index < -0.39 is 16.5 Å². The summed E-state index contributed by atoms with van der Waals surface area (Å²) in [7, 11) is -4.13. The van der Waals surface area contributed by atoms with Gasteiger partial charge in [-0.15, -0.1) is 0 Å². The lowest BCUT2D eigenvalue weighted by Crippen LogP contribution is -1.93. The molecule has 322 valence electrons. The molecule has 0 fully saturated rings. The van der Waals surface area contributed by atoms with E-state index in [1.54, 1.807) is 0 Å². The zero-order chi connectivity index (χ0) is 44.7. The summed E-state index contributed by atoms with van der Waals surface area (Å²) in [4.78, 5) is 0. The van der Waals surface area contributed by atoms with Crippen molar-refractivity contribution in [2.45, 2.75) is 0 Å². The summed E-state index contributed by atoms with van der Waals surface area (Å²) >= 11 is 0. The standard InChI is InChI=1S/C60H36O6P2/c1-7-19-43-37(13-1)25-31-49-55(43)56-44-20-8-2-14-38(44)26-32-50(56)62-67(61-49)65-53-35-29-41-17-5-11-23-47(41)59(53)60-48-24-12-6-18-42(48)30-36-54(60)66-68-63-51-33-27-39-15-3-9-21-45(39)57(51)58-46-22-10-4-16-40(46)28-34-52(58)64-68/h1-36H. The smallest absolute Gasteiger partial charge is 0.390 e. The number of rotatable bonds is 5. The van der Waals surface area contributed by atoms with Crippen LogP contribution in [-0.4, -0.2) is 0 Å². The summed E-state index contributed by atoms with van der Waals surface area (Å²) in [5, 5.41) is 16.6. The monoisotopic (exact) mass is 914 g/mol. The predicted octanol–water partition coefficient (Wildman–Crippen LogP) is 19.2. The summed E-state index contributed by atoms with van der Waals surface area (Å²) in [5.74, 6) is 1.15. The minimum atomic E-state index is -2.07. The molecular weight excluding hydrogens is 879 g/mol. The summed E-state index contributed by atoms with van der Waals surface area (Å²) < 4.78 is 42.1. The first kappa shape index (κ1) is 38.8. The van der Waals surface area contributed by atoms with Gasteiger partial charge in [-0.3, -0.25) is 0 Å². The van der Waals surface area contributed by atoms with Gasteiger partial charge >= 0.3 is 16.5 Å². The van der Waals surface area contributed by atoms with Crippen LogP contribution in [0.3, 0.4) is 0 Å². The molecule has 0 N–H and O–H groups in total. The Bertz CT molecular complexity index is 4000. The Kier molecular flexibility index (Phi) is 8.91. The topological polar surface area (TPSA) is 71.0 Å². The van der Waals surface area contributed by atoms with Crippen LogP contribution in [0.15, 0.2) is 235 Å². The van der Waals surface area contributed by atoms with Gasteiger partial charge in [0.1, 0.15) is 33.8 Å². The highest BCUT2D eigenvalue weighted by Crippen LogP contribution is 2.51. The fraction of sp³-hybridized carbons (Fsp3) is 0. The van der Waals surface area contributed by atoms with Crippen molar-refractivity contribution in [3.8, 4) is 22.6 Å². The molecule has 0 saturated carbocycles. The minimum Gasteiger partial charge on any atom is -0.390 e. The van der Waals surface area contributed by atoms with Crippen LogP contribution < -0.4 is 9.05 Å². The molecule has 6 nitrogen and oxygen atoms in total. The number of benzene rings is 12. The van der Waals surface area contributed by atoms with E-state index in [1.807, 2.05) is 36.4 Å². The molecule has 0 bridgehead atoms. The van der Waals surface area contributed by atoms with E-state index in [2.05, 4.69) is 182 Å². The zero-order valence-electron chi connectivity index (χ0n) is 36.1. The molecule has 0 unspecified atom stereocenters. The molecule has 0 aliphatic heterocycles. The molecule has 0 amide bonds.